The van der Waals surface area contributed by atoms with Crippen LogP contribution >= 0.6 is 11.6 Å². The summed E-state index contributed by atoms with van der Waals surface area (Å²) in [7, 11) is 0. The topological polar surface area (TPSA) is 94.5 Å². The molecule has 2 aromatic rings. The molecule has 2 aliphatic heterocycles. The maximum Gasteiger partial charge on any atom is 0.412 e. The second-order valence-electron chi connectivity index (χ2n) is 7.73. The minimum atomic E-state index is -1.34. The third-order valence-electron chi connectivity index (χ3n) is 5.63. The van der Waals surface area contributed by atoms with Crippen LogP contribution in [0.4, 0.5) is 14.9 Å². The molecular weight excluding hydrogens is 435 g/mol. The van der Waals surface area contributed by atoms with E-state index in [0.29, 0.717) is 25.9 Å². The second kappa shape index (κ2) is 9.00. The minimum absolute atomic E-state index is 0.0343. The Bertz CT molecular complexity index is 1090. The van der Waals surface area contributed by atoms with Crippen molar-refractivity contribution in [1.29, 1.82) is 5.41 Å². The summed E-state index contributed by atoms with van der Waals surface area (Å²) in [6.45, 7) is 0.857. The average Bonchev–Trinajstić information content (AvgIpc) is 2.79. The van der Waals surface area contributed by atoms with E-state index in [1.807, 2.05) is 30.3 Å². The summed E-state index contributed by atoms with van der Waals surface area (Å²) < 4.78 is 20.6. The van der Waals surface area contributed by atoms with Crippen molar-refractivity contribution in [2.45, 2.75) is 25.0 Å². The fourth-order valence-electron chi connectivity index (χ4n) is 4.17. The van der Waals surface area contributed by atoms with Crippen LogP contribution in [0.1, 0.15) is 24.0 Å². The Morgan fingerprint density at radius 1 is 1.31 bits per heavy atom. The second-order valence-corrected chi connectivity index (χ2v) is 8.14. The van der Waals surface area contributed by atoms with Gasteiger partial charge < -0.3 is 20.4 Å². The first-order valence-corrected chi connectivity index (χ1v) is 10.6. The zero-order valence-corrected chi connectivity index (χ0v) is 17.9. The fourth-order valence-corrected chi connectivity index (χ4v) is 4.33. The SMILES string of the molecule is N=C/C(=C\NCc1ccccc1)C(=O)N1CCC[C@@]2(C1)OC(=O)Nc1ccc(Cl)c(F)c12. The van der Waals surface area contributed by atoms with Gasteiger partial charge in [-0.05, 0) is 30.5 Å². The number of hydrogen-bond acceptors (Lipinski definition) is 5. The average molecular weight is 457 g/mol. The van der Waals surface area contributed by atoms with Gasteiger partial charge in [0.1, 0.15) is 0 Å². The van der Waals surface area contributed by atoms with E-state index in [9.17, 15) is 14.0 Å². The standard InChI is InChI=1S/C23H22ClFN4O3/c24-17-7-8-18-19(20(17)25)23(32-22(31)28-18)9-4-10-29(14-23)21(30)16(11-26)13-27-12-15-5-2-1-3-6-15/h1-3,5-8,11,13,26-27H,4,9-10,12,14H2,(H,28,31)/b16-13+,26-11?/t23-/m0/s1. The number of nitrogens with one attached hydrogen (secondary N) is 3. The minimum Gasteiger partial charge on any atom is -0.436 e. The van der Waals surface area contributed by atoms with Crippen molar-refractivity contribution >= 4 is 35.5 Å². The lowest BCUT2D eigenvalue weighted by Crippen LogP contribution is -2.54. The van der Waals surface area contributed by atoms with Gasteiger partial charge in [0.05, 0.1) is 28.4 Å². The van der Waals surface area contributed by atoms with Crippen molar-refractivity contribution in [2.75, 3.05) is 18.4 Å². The van der Waals surface area contributed by atoms with Crippen LogP contribution in [-0.2, 0) is 21.7 Å². The molecule has 32 heavy (non-hydrogen) atoms. The van der Waals surface area contributed by atoms with Gasteiger partial charge >= 0.3 is 6.09 Å². The summed E-state index contributed by atoms with van der Waals surface area (Å²) in [5.41, 5.74) is 0.257. The quantitative estimate of drug-likeness (QED) is 0.464. The molecular formula is C23H22ClFN4O3. The van der Waals surface area contributed by atoms with Crippen LogP contribution in [0.15, 0.2) is 54.2 Å². The third kappa shape index (κ3) is 4.18. The monoisotopic (exact) mass is 456 g/mol. The van der Waals surface area contributed by atoms with Gasteiger partial charge in [-0.3, -0.25) is 10.1 Å². The third-order valence-corrected chi connectivity index (χ3v) is 5.92. The van der Waals surface area contributed by atoms with Crippen LogP contribution in [-0.4, -0.2) is 36.2 Å². The highest BCUT2D eigenvalue weighted by atomic mass is 35.5. The van der Waals surface area contributed by atoms with Crippen molar-refractivity contribution in [2.24, 2.45) is 0 Å². The van der Waals surface area contributed by atoms with Crippen molar-refractivity contribution in [3.05, 3.63) is 76.2 Å². The van der Waals surface area contributed by atoms with Crippen LogP contribution in [0.3, 0.4) is 0 Å². The van der Waals surface area contributed by atoms with Crippen molar-refractivity contribution < 1.29 is 18.7 Å². The molecule has 0 aliphatic carbocycles. The Labute approximate surface area is 189 Å². The van der Waals surface area contributed by atoms with Crippen LogP contribution in [0.2, 0.25) is 5.02 Å². The zero-order valence-electron chi connectivity index (χ0n) is 17.2. The Hall–Kier alpha value is -3.39. The largest absolute Gasteiger partial charge is 0.436 e. The van der Waals surface area contributed by atoms with Crippen molar-refractivity contribution in [3.8, 4) is 0 Å². The molecule has 0 aromatic heterocycles. The van der Waals surface area contributed by atoms with Gasteiger partial charge in [-0.2, -0.15) is 0 Å². The molecule has 0 unspecified atom stereocenters. The normalized spacial score (nSPS) is 20.2. The number of anilines is 1. The number of amides is 2. The van der Waals surface area contributed by atoms with Gasteiger partial charge in [0.15, 0.2) is 11.4 Å². The Balaban J connectivity index is 1.57. The van der Waals surface area contributed by atoms with E-state index in [0.717, 1.165) is 11.8 Å². The molecule has 166 valence electrons. The lowest BCUT2D eigenvalue weighted by molar-refractivity contribution is -0.134. The molecule has 2 amide bonds. The van der Waals surface area contributed by atoms with E-state index in [1.165, 1.54) is 23.2 Å². The number of carbonyl (C=O) groups excluding carboxylic acids is 2. The highest BCUT2D eigenvalue weighted by Crippen LogP contribution is 2.45. The molecule has 1 spiro atoms. The Morgan fingerprint density at radius 3 is 2.84 bits per heavy atom. The highest BCUT2D eigenvalue weighted by molar-refractivity contribution is 6.31. The first-order valence-electron chi connectivity index (χ1n) is 10.2. The maximum atomic E-state index is 15.0. The van der Waals surface area contributed by atoms with Crippen molar-refractivity contribution in [3.63, 3.8) is 0 Å². The zero-order chi connectivity index (χ0) is 22.7. The molecule has 2 aliphatic rings. The summed E-state index contributed by atoms with van der Waals surface area (Å²) in [4.78, 5) is 26.8. The number of rotatable bonds is 5. The summed E-state index contributed by atoms with van der Waals surface area (Å²) in [5.74, 6) is -1.08. The molecule has 2 heterocycles. The van der Waals surface area contributed by atoms with E-state index in [1.54, 1.807) is 0 Å². The number of ether oxygens (including phenoxy) is 1. The molecule has 1 fully saturated rings. The van der Waals surface area contributed by atoms with E-state index in [-0.39, 0.29) is 28.4 Å². The summed E-state index contributed by atoms with van der Waals surface area (Å²) in [5, 5.41) is 13.1. The molecule has 2 aromatic carbocycles. The Morgan fingerprint density at radius 2 is 2.09 bits per heavy atom. The Kier molecular flexibility index (Phi) is 6.14. The number of piperidine rings is 1. The lowest BCUT2D eigenvalue weighted by atomic mass is 9.83. The summed E-state index contributed by atoms with van der Waals surface area (Å²) >= 11 is 5.99. The van der Waals surface area contributed by atoms with Crippen LogP contribution in [0.25, 0.3) is 0 Å². The van der Waals surface area contributed by atoms with E-state index < -0.39 is 23.4 Å². The van der Waals surface area contributed by atoms with Crippen molar-refractivity contribution in [1.82, 2.24) is 10.2 Å². The smallest absolute Gasteiger partial charge is 0.412 e. The van der Waals surface area contributed by atoms with E-state index in [4.69, 9.17) is 21.7 Å². The van der Waals surface area contributed by atoms with Crippen LogP contribution in [0.5, 0.6) is 0 Å². The van der Waals surface area contributed by atoms with Gasteiger partial charge in [-0.15, -0.1) is 0 Å². The number of carbonyl (C=O) groups is 2. The summed E-state index contributed by atoms with van der Waals surface area (Å²) in [6, 6.07) is 12.5. The lowest BCUT2D eigenvalue weighted by Gasteiger charge is -2.45. The van der Waals surface area contributed by atoms with Gasteiger partial charge in [0.25, 0.3) is 5.91 Å². The summed E-state index contributed by atoms with van der Waals surface area (Å²) in [6.07, 6.45) is 2.60. The van der Waals surface area contributed by atoms with Gasteiger partial charge in [-0.1, -0.05) is 41.9 Å². The fraction of sp³-hybridized carbons (Fsp3) is 0.261. The molecule has 9 heteroatoms. The number of nitrogens with zero attached hydrogens (tertiary/aromatic N) is 1. The van der Waals surface area contributed by atoms with Gasteiger partial charge in [0, 0.05) is 25.5 Å². The van der Waals surface area contributed by atoms with Crippen LogP contribution in [0, 0.1) is 11.2 Å². The van der Waals surface area contributed by atoms with E-state index in [2.05, 4.69) is 10.6 Å². The molecule has 0 bridgehead atoms. The first-order chi connectivity index (χ1) is 15.4. The maximum absolute atomic E-state index is 15.0. The molecule has 0 saturated carbocycles. The predicted molar refractivity (Wildman–Crippen MR) is 119 cm³/mol. The molecule has 1 saturated heterocycles. The number of hydrogen-bond donors (Lipinski definition) is 3. The molecule has 1 atom stereocenters. The molecule has 4 rings (SSSR count). The number of fused-ring (bicyclic) bond motifs is 2. The van der Waals surface area contributed by atoms with Crippen LogP contribution < -0.4 is 10.6 Å². The van der Waals surface area contributed by atoms with Gasteiger partial charge in [0.2, 0.25) is 0 Å². The number of likely N-dealkylation sites (tertiary alicyclic amines) is 1. The number of halogens is 2. The molecule has 0 radical (unpaired) electrons. The highest BCUT2D eigenvalue weighted by Gasteiger charge is 2.48. The molecule has 3 N–H and O–H groups in total. The molecule has 7 nitrogen and oxygen atoms in total. The van der Waals surface area contributed by atoms with Gasteiger partial charge in [-0.25, -0.2) is 9.18 Å². The number of benzene rings is 2. The predicted octanol–water partition coefficient (Wildman–Crippen LogP) is 4.18. The van der Waals surface area contributed by atoms with E-state index >= 15 is 0 Å². The first kappa shape index (κ1) is 21.8.